The van der Waals surface area contributed by atoms with E-state index >= 15 is 0 Å². The smallest absolute Gasteiger partial charge is 0.273 e. The zero-order valence-corrected chi connectivity index (χ0v) is 23.8. The summed E-state index contributed by atoms with van der Waals surface area (Å²) in [5.74, 6) is 0.245. The number of carbonyl (C=O) groups is 1. The van der Waals surface area contributed by atoms with Gasteiger partial charge in [0.1, 0.15) is 0 Å². The van der Waals surface area contributed by atoms with Crippen molar-refractivity contribution in [2.24, 2.45) is 0 Å². The minimum Gasteiger partial charge on any atom is -0.393 e. The first-order valence-electron chi connectivity index (χ1n) is 14.0. The summed E-state index contributed by atoms with van der Waals surface area (Å²) in [6.07, 6.45) is 7.21. The summed E-state index contributed by atoms with van der Waals surface area (Å²) in [4.78, 5) is 24.8. The fourth-order valence-electron chi connectivity index (χ4n) is 5.41. The van der Waals surface area contributed by atoms with Crippen molar-refractivity contribution in [2.45, 2.75) is 77.2 Å². The Kier molecular flexibility index (Phi) is 7.04. The molecule has 0 saturated heterocycles. The number of aliphatic hydroxyl groups is 1. The Bertz CT molecular complexity index is 1550. The van der Waals surface area contributed by atoms with Gasteiger partial charge in [0.05, 0.1) is 47.2 Å². The van der Waals surface area contributed by atoms with Crippen molar-refractivity contribution >= 4 is 17.5 Å². The second-order valence-corrected chi connectivity index (χ2v) is 12.0. The number of amides is 1. The largest absolute Gasteiger partial charge is 0.393 e. The molecule has 1 amide bonds. The number of aryl methyl sites for hydroxylation is 1. The molecule has 1 saturated carbocycles. The molecule has 1 aromatic carbocycles. The molecule has 6 rings (SSSR count). The van der Waals surface area contributed by atoms with Crippen molar-refractivity contribution in [3.63, 3.8) is 0 Å². The van der Waals surface area contributed by atoms with Crippen molar-refractivity contribution < 1.29 is 9.90 Å². The van der Waals surface area contributed by atoms with Gasteiger partial charge >= 0.3 is 0 Å². The molecular formula is C29H36N10O2. The number of benzene rings is 1. The first-order chi connectivity index (χ1) is 19.6. The topological polar surface area (TPSA) is 150 Å². The van der Waals surface area contributed by atoms with Gasteiger partial charge in [-0.05, 0) is 70.2 Å². The van der Waals surface area contributed by atoms with E-state index in [0.717, 1.165) is 66.1 Å². The van der Waals surface area contributed by atoms with Gasteiger partial charge in [0.15, 0.2) is 5.69 Å². The monoisotopic (exact) mass is 556 g/mol. The van der Waals surface area contributed by atoms with Gasteiger partial charge in [-0.2, -0.15) is 5.10 Å². The van der Waals surface area contributed by atoms with Crippen molar-refractivity contribution in [3.05, 3.63) is 65.4 Å². The van der Waals surface area contributed by atoms with E-state index in [9.17, 15) is 9.90 Å². The van der Waals surface area contributed by atoms with Crippen LogP contribution in [0.4, 0.5) is 11.6 Å². The highest BCUT2D eigenvalue weighted by atomic mass is 16.3. The van der Waals surface area contributed by atoms with Crippen LogP contribution >= 0.6 is 0 Å². The van der Waals surface area contributed by atoms with Crippen LogP contribution < -0.4 is 10.6 Å². The summed E-state index contributed by atoms with van der Waals surface area (Å²) in [5.41, 5.74) is 5.72. The number of aromatic amines is 1. The number of hydrogen-bond acceptors (Lipinski definition) is 9. The van der Waals surface area contributed by atoms with Gasteiger partial charge < -0.3 is 15.7 Å². The van der Waals surface area contributed by atoms with Gasteiger partial charge in [0.25, 0.3) is 5.91 Å². The van der Waals surface area contributed by atoms with E-state index in [-0.39, 0.29) is 23.6 Å². The van der Waals surface area contributed by atoms with E-state index < -0.39 is 0 Å². The molecule has 4 aromatic rings. The zero-order chi connectivity index (χ0) is 28.7. The summed E-state index contributed by atoms with van der Waals surface area (Å²) < 4.78 is 1.71. The van der Waals surface area contributed by atoms with Crippen LogP contribution in [-0.4, -0.2) is 69.8 Å². The second kappa shape index (κ2) is 10.7. The van der Waals surface area contributed by atoms with Crippen LogP contribution in [0, 0.1) is 6.92 Å². The normalized spacial score (nSPS) is 21.0. The molecule has 0 spiro atoms. The molecule has 4 heterocycles. The maximum Gasteiger partial charge on any atom is 0.273 e. The molecule has 1 fully saturated rings. The summed E-state index contributed by atoms with van der Waals surface area (Å²) in [7, 11) is 0. The van der Waals surface area contributed by atoms with Crippen molar-refractivity contribution in [1.82, 2.24) is 45.4 Å². The van der Waals surface area contributed by atoms with E-state index in [0.29, 0.717) is 17.7 Å². The molecule has 1 aliphatic heterocycles. The Morgan fingerprint density at radius 3 is 2.73 bits per heavy atom. The number of rotatable bonds is 6. The number of H-pyrrole nitrogens is 1. The first-order valence-corrected chi connectivity index (χ1v) is 14.0. The predicted molar refractivity (Wildman–Crippen MR) is 153 cm³/mol. The van der Waals surface area contributed by atoms with Gasteiger partial charge in [0.2, 0.25) is 5.95 Å². The molecule has 0 unspecified atom stereocenters. The van der Waals surface area contributed by atoms with Gasteiger partial charge in [-0.3, -0.25) is 14.8 Å². The van der Waals surface area contributed by atoms with Gasteiger partial charge in [0, 0.05) is 30.9 Å². The quantitative estimate of drug-likeness (QED) is 0.280. The number of nitrogens with zero attached hydrogens (tertiary/aromatic N) is 7. The number of fused-ring (bicyclic) bond motifs is 1. The Balaban J connectivity index is 1.28. The van der Waals surface area contributed by atoms with E-state index in [1.807, 2.05) is 39.8 Å². The predicted octanol–water partition coefficient (Wildman–Crippen LogP) is 3.47. The van der Waals surface area contributed by atoms with Gasteiger partial charge in [-0.1, -0.05) is 17.3 Å². The van der Waals surface area contributed by atoms with Crippen LogP contribution in [0.25, 0.3) is 11.3 Å². The molecule has 12 nitrogen and oxygen atoms in total. The summed E-state index contributed by atoms with van der Waals surface area (Å²) >= 11 is 0. The molecule has 12 heteroatoms. The van der Waals surface area contributed by atoms with E-state index in [1.165, 1.54) is 0 Å². The van der Waals surface area contributed by atoms with E-state index in [1.54, 1.807) is 23.3 Å². The Labute approximate surface area is 238 Å². The maximum atomic E-state index is 13.3. The highest BCUT2D eigenvalue weighted by Crippen LogP contribution is 2.35. The summed E-state index contributed by atoms with van der Waals surface area (Å²) in [6, 6.07) is 8.34. The van der Waals surface area contributed by atoms with Crippen LogP contribution in [0.1, 0.15) is 73.4 Å². The Morgan fingerprint density at radius 2 is 2.02 bits per heavy atom. The maximum absolute atomic E-state index is 13.3. The third kappa shape index (κ3) is 5.70. The summed E-state index contributed by atoms with van der Waals surface area (Å²) in [5, 5.41) is 31.7. The van der Waals surface area contributed by atoms with Crippen LogP contribution in [0.5, 0.6) is 0 Å². The van der Waals surface area contributed by atoms with Gasteiger partial charge in [-0.25, -0.2) is 14.6 Å². The molecule has 3 aromatic heterocycles. The molecule has 214 valence electrons. The number of hydrogen-bond donors (Lipinski definition) is 4. The number of anilines is 2. The fraction of sp³-hybridized carbons (Fsp3) is 0.448. The Morgan fingerprint density at radius 1 is 1.20 bits per heavy atom. The van der Waals surface area contributed by atoms with Gasteiger partial charge in [-0.15, -0.1) is 5.10 Å². The Hall–Kier alpha value is -4.16. The lowest BCUT2D eigenvalue weighted by molar-refractivity contribution is -0.00199. The molecule has 2 aliphatic rings. The van der Waals surface area contributed by atoms with Crippen molar-refractivity contribution in [2.75, 3.05) is 11.9 Å². The average Bonchev–Trinajstić information content (AvgIpc) is 3.54. The highest BCUT2D eigenvalue weighted by Gasteiger charge is 2.35. The van der Waals surface area contributed by atoms with Crippen molar-refractivity contribution in [1.29, 1.82) is 0 Å². The highest BCUT2D eigenvalue weighted by molar-refractivity contribution is 5.92. The standard InChI is InChI=1S/C29H36N10O2/c1-17-25(14-31-35-17)34-28-30-9-7-23(33-28)18-5-6-22-19(11-18)15-38(20-12-21(40)13-20)10-8-24(22)32-27(41)26-16-39(37-36-26)29(2,3)4/h5-7,9,11,14,16,20-21,24,40H,8,10,12-13,15H2,1-4H3,(H,31,35)(H,32,41)(H,30,33,34)/t20?,21?,24-/m1/s1. The lowest BCUT2D eigenvalue weighted by Crippen LogP contribution is -2.47. The molecule has 0 radical (unpaired) electrons. The second-order valence-electron chi connectivity index (χ2n) is 12.0. The molecular weight excluding hydrogens is 520 g/mol. The molecule has 1 aliphatic carbocycles. The minimum absolute atomic E-state index is 0.187. The number of nitrogens with one attached hydrogen (secondary N) is 3. The van der Waals surface area contributed by atoms with Crippen LogP contribution in [0.2, 0.25) is 0 Å². The molecule has 1 atom stereocenters. The van der Waals surface area contributed by atoms with Crippen LogP contribution in [-0.2, 0) is 12.1 Å². The van der Waals surface area contributed by atoms with E-state index in [2.05, 4.69) is 53.2 Å². The average molecular weight is 557 g/mol. The number of carbonyl (C=O) groups excluding carboxylic acids is 1. The third-order valence-corrected chi connectivity index (χ3v) is 7.95. The third-order valence-electron chi connectivity index (χ3n) is 7.95. The molecule has 0 bridgehead atoms. The lowest BCUT2D eigenvalue weighted by Gasteiger charge is -2.40. The first kappa shape index (κ1) is 27.0. The zero-order valence-electron chi connectivity index (χ0n) is 23.8. The number of aliphatic hydroxyl groups excluding tert-OH is 1. The molecule has 41 heavy (non-hydrogen) atoms. The lowest BCUT2D eigenvalue weighted by atomic mass is 9.88. The minimum atomic E-state index is -0.265. The number of aromatic nitrogens is 7. The fourth-order valence-corrected chi connectivity index (χ4v) is 5.41. The van der Waals surface area contributed by atoms with Crippen molar-refractivity contribution in [3.8, 4) is 11.3 Å². The SMILES string of the molecule is Cc1[nH]ncc1Nc1nccc(-c2ccc3c(c2)CN(C2CC(O)C2)CC[C@H]3NC(=O)c2cn(C(C)(C)C)nn2)n1. The van der Waals surface area contributed by atoms with Crippen LogP contribution in [0.15, 0.2) is 42.9 Å². The molecule has 4 N–H and O–H groups in total. The van der Waals surface area contributed by atoms with Crippen LogP contribution in [0.3, 0.4) is 0 Å². The van der Waals surface area contributed by atoms with E-state index in [4.69, 9.17) is 4.98 Å². The summed E-state index contributed by atoms with van der Waals surface area (Å²) in [6.45, 7) is 9.53.